The third kappa shape index (κ3) is 5.74. The van der Waals surface area contributed by atoms with Crippen LogP contribution in [0.3, 0.4) is 0 Å². The van der Waals surface area contributed by atoms with Crippen LogP contribution in [0.25, 0.3) is 0 Å². The van der Waals surface area contributed by atoms with Crippen molar-refractivity contribution in [3.05, 3.63) is 47.5 Å². The lowest BCUT2D eigenvalue weighted by molar-refractivity contribution is 0.100. The minimum Gasteiger partial charge on any atom is -0.493 e. The van der Waals surface area contributed by atoms with Crippen molar-refractivity contribution in [2.45, 2.75) is 27.2 Å². The van der Waals surface area contributed by atoms with E-state index < -0.39 is 0 Å². The van der Waals surface area contributed by atoms with Crippen LogP contribution >= 0.6 is 0 Å². The molecule has 0 aliphatic rings. The van der Waals surface area contributed by atoms with Gasteiger partial charge in [-0.25, -0.2) is 0 Å². The smallest absolute Gasteiger partial charge is 0.161 e. The number of ketones is 2. The molecule has 0 aliphatic heterocycles. The Morgan fingerprint density at radius 2 is 1.25 bits per heavy atom. The van der Waals surface area contributed by atoms with E-state index >= 15 is 0 Å². The molecule has 2 aromatic carbocycles. The fraction of sp³-hybridized carbons (Fsp3) is 0.364. The molecule has 0 aromatic heterocycles. The molecule has 0 saturated heterocycles. The fourth-order valence-corrected chi connectivity index (χ4v) is 2.54. The van der Waals surface area contributed by atoms with E-state index in [1.165, 1.54) is 21.0 Å². The second kappa shape index (κ2) is 10.3. The zero-order chi connectivity index (χ0) is 20.5. The number of methoxy groups -OCH3 is 1. The van der Waals surface area contributed by atoms with Crippen LogP contribution in [0.4, 0.5) is 0 Å². The summed E-state index contributed by atoms with van der Waals surface area (Å²) >= 11 is 0. The lowest BCUT2D eigenvalue weighted by Gasteiger charge is -2.14. The van der Waals surface area contributed by atoms with Crippen LogP contribution < -0.4 is 18.9 Å². The summed E-state index contributed by atoms with van der Waals surface area (Å²) in [7, 11) is 1.54. The highest BCUT2D eigenvalue weighted by Gasteiger charge is 2.10. The van der Waals surface area contributed by atoms with E-state index in [2.05, 4.69) is 0 Å². The van der Waals surface area contributed by atoms with Crippen LogP contribution in [0.5, 0.6) is 23.0 Å². The Hall–Kier alpha value is -3.02. The third-order valence-corrected chi connectivity index (χ3v) is 4.02. The van der Waals surface area contributed by atoms with Crippen molar-refractivity contribution in [1.82, 2.24) is 0 Å². The van der Waals surface area contributed by atoms with Crippen molar-refractivity contribution in [3.63, 3.8) is 0 Å². The van der Waals surface area contributed by atoms with Gasteiger partial charge in [0.25, 0.3) is 0 Å². The van der Waals surface area contributed by atoms with Crippen molar-refractivity contribution in [2.75, 3.05) is 26.9 Å². The number of hydrogen-bond donors (Lipinski definition) is 0. The van der Waals surface area contributed by atoms with Crippen LogP contribution in [-0.2, 0) is 0 Å². The highest BCUT2D eigenvalue weighted by molar-refractivity contribution is 5.95. The molecule has 2 rings (SSSR count). The van der Waals surface area contributed by atoms with Gasteiger partial charge in [0.15, 0.2) is 34.6 Å². The predicted octanol–water partition coefficient (Wildman–Crippen LogP) is 4.35. The second-order valence-corrected chi connectivity index (χ2v) is 6.12. The molecule has 28 heavy (non-hydrogen) atoms. The fourth-order valence-electron chi connectivity index (χ4n) is 2.54. The first-order valence-electron chi connectivity index (χ1n) is 9.18. The van der Waals surface area contributed by atoms with Gasteiger partial charge in [-0.05, 0) is 57.2 Å². The monoisotopic (exact) mass is 386 g/mol. The van der Waals surface area contributed by atoms with E-state index in [0.717, 1.165) is 0 Å². The molecular formula is C22H26O6. The maximum absolute atomic E-state index is 11.5. The van der Waals surface area contributed by atoms with Gasteiger partial charge in [-0.1, -0.05) is 0 Å². The molecule has 0 N–H and O–H groups in total. The Labute approximate surface area is 165 Å². The van der Waals surface area contributed by atoms with Crippen LogP contribution in [-0.4, -0.2) is 38.5 Å². The van der Waals surface area contributed by atoms with Crippen LogP contribution in [0, 0.1) is 0 Å². The average molecular weight is 386 g/mol. The molecule has 2 aromatic rings. The number of ether oxygens (including phenoxy) is 4. The van der Waals surface area contributed by atoms with Gasteiger partial charge >= 0.3 is 0 Å². The first-order valence-corrected chi connectivity index (χ1v) is 9.18. The number of Topliss-reactive ketones (excluding diaryl/α,β-unsaturated/α-hetero) is 2. The van der Waals surface area contributed by atoms with E-state index in [9.17, 15) is 9.59 Å². The van der Waals surface area contributed by atoms with Crippen molar-refractivity contribution in [2.24, 2.45) is 0 Å². The number of carbonyl (C=O) groups is 2. The lowest BCUT2D eigenvalue weighted by Crippen LogP contribution is -2.07. The Bertz CT molecular complexity index is 828. The van der Waals surface area contributed by atoms with Gasteiger partial charge in [-0.3, -0.25) is 9.59 Å². The molecule has 0 bridgehead atoms. The Morgan fingerprint density at radius 1 is 0.750 bits per heavy atom. The summed E-state index contributed by atoms with van der Waals surface area (Å²) in [5, 5.41) is 0. The molecule has 0 radical (unpaired) electrons. The van der Waals surface area contributed by atoms with Gasteiger partial charge in [-0.15, -0.1) is 0 Å². The van der Waals surface area contributed by atoms with Gasteiger partial charge < -0.3 is 18.9 Å². The molecule has 0 saturated carbocycles. The summed E-state index contributed by atoms with van der Waals surface area (Å²) < 4.78 is 22.4. The Balaban J connectivity index is 1.89. The number of benzene rings is 2. The van der Waals surface area contributed by atoms with E-state index in [1.54, 1.807) is 36.4 Å². The Morgan fingerprint density at radius 3 is 1.71 bits per heavy atom. The summed E-state index contributed by atoms with van der Waals surface area (Å²) in [6.07, 6.45) is 0.637. The van der Waals surface area contributed by atoms with Gasteiger partial charge in [-0.2, -0.15) is 0 Å². The third-order valence-electron chi connectivity index (χ3n) is 4.02. The quantitative estimate of drug-likeness (QED) is 0.422. The van der Waals surface area contributed by atoms with Crippen molar-refractivity contribution in [1.29, 1.82) is 0 Å². The van der Waals surface area contributed by atoms with E-state index in [4.69, 9.17) is 18.9 Å². The van der Waals surface area contributed by atoms with Crippen LogP contribution in [0.2, 0.25) is 0 Å². The van der Waals surface area contributed by atoms with E-state index in [-0.39, 0.29) is 11.6 Å². The molecule has 0 amide bonds. The highest BCUT2D eigenvalue weighted by atomic mass is 16.5. The molecule has 0 unspecified atom stereocenters. The molecular weight excluding hydrogens is 360 g/mol. The maximum Gasteiger partial charge on any atom is 0.161 e. The van der Waals surface area contributed by atoms with E-state index in [0.29, 0.717) is 60.4 Å². The second-order valence-electron chi connectivity index (χ2n) is 6.12. The van der Waals surface area contributed by atoms with Gasteiger partial charge in [0.05, 0.1) is 26.9 Å². The number of hydrogen-bond acceptors (Lipinski definition) is 6. The minimum atomic E-state index is -0.0286. The standard InChI is InChI=1S/C22H26O6/c1-5-26-22-14-18(16(3)24)8-10-20(22)28-12-6-11-27-19-9-7-17(15(2)23)13-21(19)25-4/h7-10,13-14H,5-6,11-12H2,1-4H3. The average Bonchev–Trinajstić information content (AvgIpc) is 2.68. The molecule has 0 fully saturated rings. The topological polar surface area (TPSA) is 71.1 Å². The predicted molar refractivity (Wildman–Crippen MR) is 106 cm³/mol. The highest BCUT2D eigenvalue weighted by Crippen LogP contribution is 2.30. The summed E-state index contributed by atoms with van der Waals surface area (Å²) in [5.74, 6) is 2.19. The zero-order valence-corrected chi connectivity index (χ0v) is 16.7. The first-order chi connectivity index (χ1) is 13.5. The van der Waals surface area contributed by atoms with E-state index in [1.807, 2.05) is 6.92 Å². The van der Waals surface area contributed by atoms with Crippen molar-refractivity contribution >= 4 is 11.6 Å². The molecule has 6 nitrogen and oxygen atoms in total. The molecule has 0 aliphatic carbocycles. The summed E-state index contributed by atoms with van der Waals surface area (Å²) in [5.41, 5.74) is 1.16. The summed E-state index contributed by atoms with van der Waals surface area (Å²) in [4.78, 5) is 23.0. The SMILES string of the molecule is CCOc1cc(C(C)=O)ccc1OCCCOc1ccc(C(C)=O)cc1OC. The van der Waals surface area contributed by atoms with Crippen LogP contribution in [0.1, 0.15) is 47.9 Å². The van der Waals surface area contributed by atoms with Gasteiger partial charge in [0, 0.05) is 17.5 Å². The van der Waals surface area contributed by atoms with Crippen molar-refractivity contribution in [3.8, 4) is 23.0 Å². The maximum atomic E-state index is 11.5. The summed E-state index contributed by atoms with van der Waals surface area (Å²) in [6.45, 7) is 6.23. The minimum absolute atomic E-state index is 0.0226. The summed E-state index contributed by atoms with van der Waals surface area (Å²) in [6, 6.07) is 10.3. The Kier molecular flexibility index (Phi) is 7.87. The molecule has 150 valence electrons. The van der Waals surface area contributed by atoms with Gasteiger partial charge in [0.2, 0.25) is 0 Å². The normalized spacial score (nSPS) is 10.3. The first kappa shape index (κ1) is 21.3. The lowest BCUT2D eigenvalue weighted by atomic mass is 10.1. The molecule has 0 atom stereocenters. The number of carbonyl (C=O) groups excluding carboxylic acids is 2. The zero-order valence-electron chi connectivity index (χ0n) is 16.7. The molecule has 0 heterocycles. The molecule has 6 heteroatoms. The molecule has 0 spiro atoms. The number of rotatable bonds is 11. The van der Waals surface area contributed by atoms with Gasteiger partial charge in [0.1, 0.15) is 0 Å². The van der Waals surface area contributed by atoms with Crippen molar-refractivity contribution < 1.29 is 28.5 Å². The largest absolute Gasteiger partial charge is 0.493 e. The van der Waals surface area contributed by atoms with Crippen LogP contribution in [0.15, 0.2) is 36.4 Å².